The van der Waals surface area contributed by atoms with Crippen LogP contribution < -0.4 is 9.62 Å². The number of halogens is 1. The molecule has 46 heavy (non-hydrogen) atoms. The molecule has 0 spiro atoms. The molecule has 240 valence electrons. The van der Waals surface area contributed by atoms with Crippen LogP contribution in [0.5, 0.6) is 0 Å². The van der Waals surface area contributed by atoms with Gasteiger partial charge in [0.05, 0.1) is 10.6 Å². The summed E-state index contributed by atoms with van der Waals surface area (Å²) in [5.74, 6) is -1.47. The van der Waals surface area contributed by atoms with Crippen LogP contribution in [0, 0.1) is 5.82 Å². The molecule has 0 heterocycles. The predicted octanol–water partition coefficient (Wildman–Crippen LogP) is 6.28. The molecule has 1 aliphatic rings. The third kappa shape index (κ3) is 7.83. The molecule has 4 aromatic rings. The highest BCUT2D eigenvalue weighted by Gasteiger charge is 2.36. The maximum atomic E-state index is 15.1. The second-order valence-electron chi connectivity index (χ2n) is 11.6. The van der Waals surface area contributed by atoms with Crippen LogP contribution in [-0.4, -0.2) is 43.8 Å². The number of aryl methyl sites for hydroxylation is 1. The van der Waals surface area contributed by atoms with Crippen LogP contribution in [0.1, 0.15) is 49.3 Å². The number of hydrogen-bond acceptors (Lipinski definition) is 4. The summed E-state index contributed by atoms with van der Waals surface area (Å²) in [6.45, 7) is 1.13. The van der Waals surface area contributed by atoms with E-state index in [0.29, 0.717) is 12.1 Å². The Bertz CT molecular complexity index is 1730. The van der Waals surface area contributed by atoms with Gasteiger partial charge in [0.1, 0.15) is 18.4 Å². The summed E-state index contributed by atoms with van der Waals surface area (Å²) >= 11 is 0. The zero-order valence-corrected chi connectivity index (χ0v) is 26.8. The lowest BCUT2D eigenvalue weighted by atomic mass is 10.0. The SMILES string of the molecule is CCc1ccccc1N(CC(=O)N(Cc1ccccc1F)[C@H](Cc1ccccc1)C(=O)NC1CCCC1)S(=O)(=O)c1ccccc1. The summed E-state index contributed by atoms with van der Waals surface area (Å²) < 4.78 is 44.7. The lowest BCUT2D eigenvalue weighted by molar-refractivity contribution is -0.140. The van der Waals surface area contributed by atoms with Crippen molar-refractivity contribution in [1.82, 2.24) is 10.2 Å². The minimum absolute atomic E-state index is 0.0115. The number of anilines is 1. The largest absolute Gasteiger partial charge is 0.352 e. The van der Waals surface area contributed by atoms with Gasteiger partial charge in [-0.05, 0) is 54.7 Å². The minimum atomic E-state index is -4.21. The van der Waals surface area contributed by atoms with Crippen molar-refractivity contribution in [3.63, 3.8) is 0 Å². The zero-order chi connectivity index (χ0) is 32.5. The molecule has 1 aliphatic carbocycles. The highest BCUT2D eigenvalue weighted by atomic mass is 32.2. The van der Waals surface area contributed by atoms with E-state index in [-0.39, 0.29) is 35.4 Å². The minimum Gasteiger partial charge on any atom is -0.352 e. The summed E-state index contributed by atoms with van der Waals surface area (Å²) in [5, 5.41) is 3.14. The predicted molar refractivity (Wildman–Crippen MR) is 178 cm³/mol. The standard InChI is InChI=1S/C37H40FN3O4S/c1-2-29-17-10-14-24-34(29)41(46(44,45)32-21-7-4-8-22-32)27-36(42)40(26-30-18-9-13-23-33(30)38)35(25-28-15-5-3-6-16-28)37(43)39-31-19-11-12-20-31/h3-10,13-18,21-24,31,35H,2,11-12,19-20,25-27H2,1H3,(H,39,43)/t35-/m1/s1. The van der Waals surface area contributed by atoms with Gasteiger partial charge in [0.2, 0.25) is 11.8 Å². The van der Waals surface area contributed by atoms with E-state index in [1.165, 1.54) is 23.1 Å². The number of amides is 2. The smallest absolute Gasteiger partial charge is 0.264 e. The van der Waals surface area contributed by atoms with Crippen molar-refractivity contribution in [3.05, 3.63) is 132 Å². The Morgan fingerprint density at radius 3 is 2.07 bits per heavy atom. The number of para-hydroxylation sites is 1. The molecule has 2 amide bonds. The molecule has 5 rings (SSSR count). The molecular weight excluding hydrogens is 601 g/mol. The number of nitrogens with one attached hydrogen (secondary N) is 1. The quantitative estimate of drug-likeness (QED) is 0.186. The van der Waals surface area contributed by atoms with E-state index < -0.39 is 34.3 Å². The maximum Gasteiger partial charge on any atom is 0.264 e. The van der Waals surface area contributed by atoms with Gasteiger partial charge in [-0.1, -0.05) is 105 Å². The molecule has 1 fully saturated rings. The average Bonchev–Trinajstić information content (AvgIpc) is 3.59. The second-order valence-corrected chi connectivity index (χ2v) is 13.5. The maximum absolute atomic E-state index is 15.1. The lowest BCUT2D eigenvalue weighted by Gasteiger charge is -2.34. The van der Waals surface area contributed by atoms with Crippen molar-refractivity contribution >= 4 is 27.5 Å². The summed E-state index contributed by atoms with van der Waals surface area (Å²) in [4.78, 5) is 30.1. The zero-order valence-electron chi connectivity index (χ0n) is 26.0. The van der Waals surface area contributed by atoms with Crippen LogP contribution in [0.4, 0.5) is 10.1 Å². The fourth-order valence-electron chi connectivity index (χ4n) is 6.02. The molecule has 9 heteroatoms. The van der Waals surface area contributed by atoms with Gasteiger partial charge in [0.25, 0.3) is 10.0 Å². The number of rotatable bonds is 13. The first kappa shape index (κ1) is 32.9. The molecule has 1 saturated carbocycles. The van der Waals surface area contributed by atoms with Crippen molar-refractivity contribution in [2.75, 3.05) is 10.8 Å². The number of hydrogen-bond donors (Lipinski definition) is 1. The molecular formula is C37H40FN3O4S. The lowest BCUT2D eigenvalue weighted by Crippen LogP contribution is -2.54. The Morgan fingerprint density at radius 2 is 1.41 bits per heavy atom. The average molecular weight is 642 g/mol. The van der Waals surface area contributed by atoms with Crippen molar-refractivity contribution in [2.45, 2.75) is 69.0 Å². The number of sulfonamides is 1. The van der Waals surface area contributed by atoms with E-state index in [9.17, 15) is 18.0 Å². The van der Waals surface area contributed by atoms with Gasteiger partial charge in [-0.25, -0.2) is 12.8 Å². The molecule has 0 aliphatic heterocycles. The molecule has 4 aromatic carbocycles. The summed E-state index contributed by atoms with van der Waals surface area (Å²) in [6.07, 6.45) is 4.43. The van der Waals surface area contributed by atoms with Crippen LogP contribution in [0.3, 0.4) is 0 Å². The van der Waals surface area contributed by atoms with Gasteiger partial charge < -0.3 is 10.2 Å². The highest BCUT2D eigenvalue weighted by Crippen LogP contribution is 2.29. The highest BCUT2D eigenvalue weighted by molar-refractivity contribution is 7.92. The number of carbonyl (C=O) groups is 2. The summed E-state index contributed by atoms with van der Waals surface area (Å²) in [7, 11) is -4.21. The second kappa shape index (κ2) is 15.2. The third-order valence-corrected chi connectivity index (χ3v) is 10.3. The van der Waals surface area contributed by atoms with Gasteiger partial charge in [-0.2, -0.15) is 0 Å². The van der Waals surface area contributed by atoms with Crippen LogP contribution in [0.25, 0.3) is 0 Å². The van der Waals surface area contributed by atoms with E-state index in [2.05, 4.69) is 5.32 Å². The van der Waals surface area contributed by atoms with E-state index >= 15 is 4.39 Å². The molecule has 0 bridgehead atoms. The fourth-order valence-corrected chi connectivity index (χ4v) is 7.49. The Balaban J connectivity index is 1.59. The van der Waals surface area contributed by atoms with Gasteiger partial charge in [-0.3, -0.25) is 13.9 Å². The van der Waals surface area contributed by atoms with Gasteiger partial charge in [0.15, 0.2) is 0 Å². The molecule has 1 N–H and O–H groups in total. The number of carbonyl (C=O) groups excluding carboxylic acids is 2. The van der Waals surface area contributed by atoms with Crippen LogP contribution >= 0.6 is 0 Å². The van der Waals surface area contributed by atoms with Crippen molar-refractivity contribution in [2.24, 2.45) is 0 Å². The van der Waals surface area contributed by atoms with Crippen LogP contribution in [0.15, 0.2) is 114 Å². The number of nitrogens with zero attached hydrogens (tertiary/aromatic N) is 2. The van der Waals surface area contributed by atoms with E-state index in [4.69, 9.17) is 0 Å². The monoisotopic (exact) mass is 641 g/mol. The molecule has 0 radical (unpaired) electrons. The normalized spacial score (nSPS) is 14.0. The van der Waals surface area contributed by atoms with Crippen LogP contribution in [-0.2, 0) is 39.0 Å². The first-order valence-corrected chi connectivity index (χ1v) is 17.2. The van der Waals surface area contributed by atoms with E-state index in [1.807, 2.05) is 49.4 Å². The van der Waals surface area contributed by atoms with Crippen LogP contribution in [0.2, 0.25) is 0 Å². The van der Waals surface area contributed by atoms with Gasteiger partial charge in [-0.15, -0.1) is 0 Å². The van der Waals surface area contributed by atoms with Crippen molar-refractivity contribution < 1.29 is 22.4 Å². The van der Waals surface area contributed by atoms with E-state index in [0.717, 1.165) is 41.1 Å². The summed E-state index contributed by atoms with van der Waals surface area (Å²) in [6, 6.07) is 29.5. The van der Waals surface area contributed by atoms with E-state index in [1.54, 1.807) is 48.5 Å². The molecule has 0 saturated heterocycles. The van der Waals surface area contributed by atoms with Crippen molar-refractivity contribution in [3.8, 4) is 0 Å². The topological polar surface area (TPSA) is 86.8 Å². The molecule has 0 aromatic heterocycles. The van der Waals surface area contributed by atoms with Crippen molar-refractivity contribution in [1.29, 1.82) is 0 Å². The fraction of sp³-hybridized carbons (Fsp3) is 0.297. The Morgan fingerprint density at radius 1 is 0.826 bits per heavy atom. The van der Waals surface area contributed by atoms with Gasteiger partial charge >= 0.3 is 0 Å². The Kier molecular flexibility index (Phi) is 10.9. The first-order chi connectivity index (χ1) is 22.3. The first-order valence-electron chi connectivity index (χ1n) is 15.8. The molecule has 1 atom stereocenters. The Hall–Kier alpha value is -4.50. The number of benzene rings is 4. The van der Waals surface area contributed by atoms with Gasteiger partial charge in [0, 0.05) is 24.6 Å². The Labute approximate surface area is 271 Å². The third-order valence-electron chi connectivity index (χ3n) is 8.52. The molecule has 0 unspecified atom stereocenters. The summed E-state index contributed by atoms with van der Waals surface area (Å²) in [5.41, 5.74) is 2.18. The molecule has 7 nitrogen and oxygen atoms in total.